The van der Waals surface area contributed by atoms with Crippen LogP contribution in [0.4, 0.5) is 5.69 Å². The normalized spacial score (nSPS) is 12.5. The third-order valence-electron chi connectivity index (χ3n) is 1.90. The quantitative estimate of drug-likeness (QED) is 0.524. The molecule has 0 saturated heterocycles. The van der Waals surface area contributed by atoms with E-state index >= 15 is 0 Å². The van der Waals surface area contributed by atoms with Crippen LogP contribution in [0.2, 0.25) is 0 Å². The van der Waals surface area contributed by atoms with Gasteiger partial charge in [0.15, 0.2) is 5.78 Å². The second-order valence-electron chi connectivity index (χ2n) is 3.04. The van der Waals surface area contributed by atoms with E-state index in [2.05, 4.69) is 15.9 Å². The molecule has 0 aliphatic heterocycles. The maximum atomic E-state index is 11.6. The van der Waals surface area contributed by atoms with Gasteiger partial charge in [0.1, 0.15) is 0 Å². The number of nitrogens with two attached hydrogens (primary N) is 1. The summed E-state index contributed by atoms with van der Waals surface area (Å²) in [5.74, 6) is 0.395. The first kappa shape index (κ1) is 11.5. The molecule has 0 saturated carbocycles. The molecule has 4 heteroatoms. The molecule has 1 rings (SSSR count). The minimum Gasteiger partial charge on any atom is -0.398 e. The Balaban J connectivity index is 3.06. The van der Waals surface area contributed by atoms with Crippen molar-refractivity contribution >= 4 is 39.0 Å². The standard InChI is InChI=1S/C10H11BrClNO/c1-6(11)10(14)8-3-2-7(5-12)4-9(8)13/h2-4,6H,5,13H2,1H3. The fourth-order valence-corrected chi connectivity index (χ4v) is 1.55. The van der Waals surface area contributed by atoms with Gasteiger partial charge in [-0.1, -0.05) is 22.0 Å². The van der Waals surface area contributed by atoms with Crippen molar-refractivity contribution in [3.63, 3.8) is 0 Å². The van der Waals surface area contributed by atoms with Gasteiger partial charge in [0, 0.05) is 17.1 Å². The zero-order chi connectivity index (χ0) is 10.7. The summed E-state index contributed by atoms with van der Waals surface area (Å²) < 4.78 is 0. The van der Waals surface area contributed by atoms with E-state index in [0.717, 1.165) is 5.56 Å². The highest BCUT2D eigenvalue weighted by Crippen LogP contribution is 2.19. The Kier molecular flexibility index (Phi) is 3.96. The van der Waals surface area contributed by atoms with Crippen LogP contribution in [0.1, 0.15) is 22.8 Å². The Morgan fingerprint density at radius 3 is 2.71 bits per heavy atom. The molecule has 1 unspecified atom stereocenters. The molecule has 0 radical (unpaired) electrons. The van der Waals surface area contributed by atoms with Crippen molar-refractivity contribution < 1.29 is 4.79 Å². The summed E-state index contributed by atoms with van der Waals surface area (Å²) in [6.45, 7) is 1.78. The molecule has 14 heavy (non-hydrogen) atoms. The lowest BCUT2D eigenvalue weighted by Crippen LogP contribution is -2.12. The number of benzene rings is 1. The SMILES string of the molecule is CC(Br)C(=O)c1ccc(CCl)cc1N. The number of carbonyl (C=O) groups excluding carboxylic acids is 1. The number of carbonyl (C=O) groups is 1. The van der Waals surface area contributed by atoms with Crippen LogP contribution in [0.5, 0.6) is 0 Å². The number of rotatable bonds is 3. The van der Waals surface area contributed by atoms with E-state index in [1.54, 1.807) is 19.1 Å². The van der Waals surface area contributed by atoms with Crippen molar-refractivity contribution in [3.05, 3.63) is 29.3 Å². The molecular formula is C10H11BrClNO. The van der Waals surface area contributed by atoms with Crippen LogP contribution in [0.3, 0.4) is 0 Å². The summed E-state index contributed by atoms with van der Waals surface area (Å²) >= 11 is 8.86. The van der Waals surface area contributed by atoms with Crippen LogP contribution in [-0.4, -0.2) is 10.6 Å². The molecule has 0 aliphatic rings. The van der Waals surface area contributed by atoms with Crippen LogP contribution < -0.4 is 5.73 Å². The van der Waals surface area contributed by atoms with Crippen LogP contribution >= 0.6 is 27.5 Å². The van der Waals surface area contributed by atoms with E-state index in [-0.39, 0.29) is 10.6 Å². The number of ketones is 1. The predicted molar refractivity (Wildman–Crippen MR) is 63.1 cm³/mol. The van der Waals surface area contributed by atoms with Gasteiger partial charge in [-0.05, 0) is 24.6 Å². The fraction of sp³-hybridized carbons (Fsp3) is 0.300. The van der Waals surface area contributed by atoms with Gasteiger partial charge >= 0.3 is 0 Å². The third kappa shape index (κ3) is 2.49. The molecule has 1 atom stereocenters. The van der Waals surface area contributed by atoms with Crippen LogP contribution in [0, 0.1) is 0 Å². The molecule has 2 N–H and O–H groups in total. The molecule has 1 aromatic rings. The molecule has 0 spiro atoms. The molecule has 0 amide bonds. The molecule has 0 fully saturated rings. The van der Waals surface area contributed by atoms with Gasteiger partial charge in [-0.3, -0.25) is 4.79 Å². The number of halogens is 2. The molecule has 0 heterocycles. The smallest absolute Gasteiger partial charge is 0.178 e. The first-order chi connectivity index (χ1) is 6.56. The molecule has 76 valence electrons. The van der Waals surface area contributed by atoms with Crippen molar-refractivity contribution in [2.45, 2.75) is 17.6 Å². The Labute approximate surface area is 96.6 Å². The van der Waals surface area contributed by atoms with Gasteiger partial charge in [0.2, 0.25) is 0 Å². The Morgan fingerprint density at radius 1 is 1.64 bits per heavy atom. The Hall–Kier alpha value is -0.540. The van der Waals surface area contributed by atoms with Crippen molar-refractivity contribution in [3.8, 4) is 0 Å². The molecular weight excluding hydrogens is 265 g/mol. The van der Waals surface area contributed by atoms with E-state index < -0.39 is 0 Å². The van der Waals surface area contributed by atoms with Gasteiger partial charge < -0.3 is 5.73 Å². The first-order valence-corrected chi connectivity index (χ1v) is 5.64. The number of hydrogen-bond acceptors (Lipinski definition) is 2. The molecule has 2 nitrogen and oxygen atoms in total. The van der Waals surface area contributed by atoms with Gasteiger partial charge in [-0.2, -0.15) is 0 Å². The average Bonchev–Trinajstić information content (AvgIpc) is 2.16. The topological polar surface area (TPSA) is 43.1 Å². The number of hydrogen-bond donors (Lipinski definition) is 1. The van der Waals surface area contributed by atoms with E-state index in [1.807, 2.05) is 6.07 Å². The van der Waals surface area contributed by atoms with E-state index in [1.165, 1.54) is 0 Å². The summed E-state index contributed by atoms with van der Waals surface area (Å²) in [6.07, 6.45) is 0. The zero-order valence-corrected chi connectivity index (χ0v) is 10.1. The van der Waals surface area contributed by atoms with Crippen molar-refractivity contribution in [1.82, 2.24) is 0 Å². The van der Waals surface area contributed by atoms with Crippen molar-refractivity contribution in [2.24, 2.45) is 0 Å². The number of Topliss-reactive ketones (excluding diaryl/α,β-unsaturated/α-hetero) is 1. The van der Waals surface area contributed by atoms with Gasteiger partial charge in [-0.15, -0.1) is 11.6 Å². The van der Waals surface area contributed by atoms with Crippen LogP contribution in [0.25, 0.3) is 0 Å². The summed E-state index contributed by atoms with van der Waals surface area (Å²) in [5, 5.41) is 0. The molecule has 0 bridgehead atoms. The van der Waals surface area contributed by atoms with Crippen LogP contribution in [-0.2, 0) is 5.88 Å². The van der Waals surface area contributed by atoms with E-state index in [4.69, 9.17) is 17.3 Å². The molecule has 0 aliphatic carbocycles. The van der Waals surface area contributed by atoms with Gasteiger partial charge in [0.05, 0.1) is 4.83 Å². The maximum Gasteiger partial charge on any atom is 0.178 e. The monoisotopic (exact) mass is 275 g/mol. The number of alkyl halides is 2. The Morgan fingerprint density at radius 2 is 2.29 bits per heavy atom. The lowest BCUT2D eigenvalue weighted by Gasteiger charge is -2.07. The lowest BCUT2D eigenvalue weighted by atomic mass is 10.0. The second-order valence-corrected chi connectivity index (χ2v) is 4.68. The highest BCUT2D eigenvalue weighted by Gasteiger charge is 2.14. The van der Waals surface area contributed by atoms with E-state index in [0.29, 0.717) is 17.1 Å². The molecule has 0 aromatic heterocycles. The van der Waals surface area contributed by atoms with Gasteiger partial charge in [0.25, 0.3) is 0 Å². The second kappa shape index (κ2) is 4.80. The summed E-state index contributed by atoms with van der Waals surface area (Å²) in [6, 6.07) is 5.26. The first-order valence-electron chi connectivity index (χ1n) is 4.19. The lowest BCUT2D eigenvalue weighted by molar-refractivity contribution is 0.0996. The number of nitrogen functional groups attached to an aromatic ring is 1. The van der Waals surface area contributed by atoms with Gasteiger partial charge in [-0.25, -0.2) is 0 Å². The summed E-state index contributed by atoms with van der Waals surface area (Å²) in [7, 11) is 0. The van der Waals surface area contributed by atoms with Crippen molar-refractivity contribution in [1.29, 1.82) is 0 Å². The largest absolute Gasteiger partial charge is 0.398 e. The zero-order valence-electron chi connectivity index (χ0n) is 7.76. The minimum absolute atomic E-state index is 0.0105. The predicted octanol–water partition coefficient (Wildman–Crippen LogP) is 2.97. The highest BCUT2D eigenvalue weighted by atomic mass is 79.9. The van der Waals surface area contributed by atoms with Crippen LogP contribution in [0.15, 0.2) is 18.2 Å². The highest BCUT2D eigenvalue weighted by molar-refractivity contribution is 9.10. The summed E-state index contributed by atoms with van der Waals surface area (Å²) in [5.41, 5.74) is 7.69. The fourth-order valence-electron chi connectivity index (χ4n) is 1.13. The Bertz CT molecular complexity index is 352. The van der Waals surface area contributed by atoms with E-state index in [9.17, 15) is 4.79 Å². The number of anilines is 1. The third-order valence-corrected chi connectivity index (χ3v) is 2.62. The average molecular weight is 277 g/mol. The summed E-state index contributed by atoms with van der Waals surface area (Å²) in [4.78, 5) is 11.4. The van der Waals surface area contributed by atoms with Crippen molar-refractivity contribution in [2.75, 3.05) is 5.73 Å². The maximum absolute atomic E-state index is 11.6. The molecule has 1 aromatic carbocycles. The minimum atomic E-state index is -0.216.